The van der Waals surface area contributed by atoms with Gasteiger partial charge < -0.3 is 16.5 Å². The van der Waals surface area contributed by atoms with Gasteiger partial charge >= 0.3 is 0 Å². The van der Waals surface area contributed by atoms with E-state index in [0.29, 0.717) is 28.0 Å². The van der Waals surface area contributed by atoms with Crippen LogP contribution in [-0.2, 0) is 0 Å². The van der Waals surface area contributed by atoms with Crippen LogP contribution >= 0.6 is 0 Å². The number of imidazole rings is 1. The summed E-state index contributed by atoms with van der Waals surface area (Å²) in [6, 6.07) is 10.7. The number of nitrogens with two attached hydrogens (primary N) is 1. The molecule has 0 unspecified atom stereocenters. The van der Waals surface area contributed by atoms with Gasteiger partial charge in [0, 0.05) is 35.3 Å². The van der Waals surface area contributed by atoms with Gasteiger partial charge in [-0.25, -0.2) is 18.2 Å². The second-order valence-electron chi connectivity index (χ2n) is 6.81. The maximum Gasteiger partial charge on any atom is 0.258 e. The highest BCUT2D eigenvalue weighted by Crippen LogP contribution is 2.26. The number of pyridine rings is 1. The van der Waals surface area contributed by atoms with E-state index in [1.54, 1.807) is 28.9 Å². The molecule has 2 aromatic carbocycles. The van der Waals surface area contributed by atoms with Crippen molar-refractivity contribution in [3.05, 3.63) is 95.7 Å². The maximum atomic E-state index is 14.8. The second kappa shape index (κ2) is 8.38. The molecule has 0 fully saturated rings. The van der Waals surface area contributed by atoms with E-state index in [1.807, 2.05) is 0 Å². The minimum absolute atomic E-state index is 0.330. The Morgan fingerprint density at radius 3 is 2.62 bits per heavy atom. The number of hydrogen-bond donors (Lipinski definition) is 3. The summed E-state index contributed by atoms with van der Waals surface area (Å²) in [6.07, 6.45) is 5.68. The van der Waals surface area contributed by atoms with Crippen LogP contribution in [-0.4, -0.2) is 21.5 Å². The van der Waals surface area contributed by atoms with Crippen LogP contribution in [0.15, 0.2) is 67.1 Å². The molecule has 4 N–H and O–H groups in total. The molecule has 6 nitrogen and oxygen atoms in total. The molecule has 0 bridgehead atoms. The maximum absolute atomic E-state index is 14.8. The van der Waals surface area contributed by atoms with Crippen molar-refractivity contribution >= 4 is 29.0 Å². The van der Waals surface area contributed by atoms with Crippen molar-refractivity contribution in [2.24, 2.45) is 5.73 Å². The number of nitrogens with one attached hydrogen (secondary N) is 2. The van der Waals surface area contributed by atoms with Gasteiger partial charge in [0.25, 0.3) is 5.91 Å². The lowest BCUT2D eigenvalue weighted by molar-refractivity contribution is 0.102. The highest BCUT2D eigenvalue weighted by molar-refractivity contribution is 6.08. The average Bonchev–Trinajstić information content (AvgIpc) is 3.21. The summed E-state index contributed by atoms with van der Waals surface area (Å²) in [5.74, 6) is -4.11. The number of halogens is 3. The smallest absolute Gasteiger partial charge is 0.258 e. The predicted octanol–water partition coefficient (Wildman–Crippen LogP) is 4.62. The predicted molar refractivity (Wildman–Crippen MR) is 116 cm³/mol. The first-order chi connectivity index (χ1) is 15.4. The summed E-state index contributed by atoms with van der Waals surface area (Å²) >= 11 is 0. The number of amides is 1. The molecule has 1 amide bonds. The highest BCUT2D eigenvalue weighted by Gasteiger charge is 2.17. The summed E-state index contributed by atoms with van der Waals surface area (Å²) in [6.45, 7) is 0. The van der Waals surface area contributed by atoms with Gasteiger partial charge in [0.2, 0.25) is 0 Å². The number of nitrogens with zero attached hydrogens (tertiary/aromatic N) is 2. The van der Waals surface area contributed by atoms with Crippen molar-refractivity contribution in [3.8, 4) is 11.3 Å². The number of aromatic nitrogens is 2. The summed E-state index contributed by atoms with van der Waals surface area (Å²) in [5, 5.41) is 9.63. The van der Waals surface area contributed by atoms with Crippen LogP contribution < -0.4 is 11.1 Å². The van der Waals surface area contributed by atoms with Gasteiger partial charge in [0.1, 0.15) is 11.5 Å². The first-order valence-electron chi connectivity index (χ1n) is 9.38. The molecule has 0 atom stereocenters. The Bertz CT molecular complexity index is 1390. The zero-order chi connectivity index (χ0) is 22.8. The molecule has 0 aliphatic carbocycles. The number of fused-ring (bicyclic) bond motifs is 1. The molecular formula is C23H16F3N5O. The first-order valence-corrected chi connectivity index (χ1v) is 9.38. The summed E-state index contributed by atoms with van der Waals surface area (Å²) < 4.78 is 43.6. The second-order valence-corrected chi connectivity index (χ2v) is 6.81. The lowest BCUT2D eigenvalue weighted by Gasteiger charge is -2.09. The standard InChI is InChI=1S/C23H16F3N5O/c24-17-2-1-3-19(22(17)26)30-23(32)16-6-4-13(8-18(16)25)20-11-29-21-7-5-14(12-31(20)21)15(9-27)10-28/h1-12,27H,28H2,(H,30,32). The Morgan fingerprint density at radius 1 is 1.09 bits per heavy atom. The molecular weight excluding hydrogens is 419 g/mol. The summed E-state index contributed by atoms with van der Waals surface area (Å²) in [5.41, 5.74) is 7.58. The Kier molecular flexibility index (Phi) is 5.46. The van der Waals surface area contributed by atoms with Crippen molar-refractivity contribution < 1.29 is 18.0 Å². The minimum Gasteiger partial charge on any atom is -0.404 e. The van der Waals surface area contributed by atoms with E-state index in [-0.39, 0.29) is 11.3 Å². The Morgan fingerprint density at radius 2 is 1.91 bits per heavy atom. The fourth-order valence-electron chi connectivity index (χ4n) is 3.24. The van der Waals surface area contributed by atoms with Crippen LogP contribution in [0.25, 0.3) is 22.5 Å². The van der Waals surface area contributed by atoms with E-state index in [4.69, 9.17) is 11.1 Å². The van der Waals surface area contributed by atoms with Gasteiger partial charge in [-0.1, -0.05) is 12.1 Å². The Labute approximate surface area is 180 Å². The van der Waals surface area contributed by atoms with E-state index in [9.17, 15) is 18.0 Å². The van der Waals surface area contributed by atoms with Crippen molar-refractivity contribution in [3.63, 3.8) is 0 Å². The number of allylic oxidation sites excluding steroid dienone is 1. The molecule has 4 aromatic rings. The van der Waals surface area contributed by atoms with Crippen LogP contribution in [0.5, 0.6) is 0 Å². The molecule has 0 aliphatic heterocycles. The normalized spacial score (nSPS) is 11.5. The lowest BCUT2D eigenvalue weighted by Crippen LogP contribution is -2.15. The number of benzene rings is 2. The third-order valence-electron chi connectivity index (χ3n) is 4.88. The quantitative estimate of drug-likeness (QED) is 0.399. The van der Waals surface area contributed by atoms with Crippen LogP contribution in [0.3, 0.4) is 0 Å². The monoisotopic (exact) mass is 435 g/mol. The van der Waals surface area contributed by atoms with Crippen LogP contribution in [0.4, 0.5) is 18.9 Å². The van der Waals surface area contributed by atoms with Crippen LogP contribution in [0.1, 0.15) is 15.9 Å². The number of hydrogen-bond acceptors (Lipinski definition) is 4. The SMILES string of the molecule is N=CC(=CN)c1ccc2ncc(-c3ccc(C(=O)Nc4cccc(F)c4F)c(F)c3)n2c1. The van der Waals surface area contributed by atoms with Crippen molar-refractivity contribution in [2.45, 2.75) is 0 Å². The third-order valence-corrected chi connectivity index (χ3v) is 4.88. The Balaban J connectivity index is 1.68. The molecule has 0 radical (unpaired) electrons. The number of rotatable bonds is 5. The van der Waals surface area contributed by atoms with Crippen molar-refractivity contribution in [1.29, 1.82) is 5.41 Å². The molecule has 0 aliphatic rings. The molecule has 0 saturated carbocycles. The van der Waals surface area contributed by atoms with E-state index >= 15 is 0 Å². The van der Waals surface area contributed by atoms with E-state index in [2.05, 4.69) is 10.3 Å². The summed E-state index contributed by atoms with van der Waals surface area (Å²) in [7, 11) is 0. The van der Waals surface area contributed by atoms with Gasteiger partial charge in [-0.2, -0.15) is 0 Å². The average molecular weight is 435 g/mol. The number of carbonyl (C=O) groups excluding carboxylic acids is 1. The fourth-order valence-corrected chi connectivity index (χ4v) is 3.24. The molecule has 2 aromatic heterocycles. The first kappa shape index (κ1) is 20.9. The fraction of sp³-hybridized carbons (Fsp3) is 0. The minimum atomic E-state index is -1.23. The largest absolute Gasteiger partial charge is 0.404 e. The van der Waals surface area contributed by atoms with Gasteiger partial charge in [-0.3, -0.25) is 9.20 Å². The molecule has 32 heavy (non-hydrogen) atoms. The van der Waals surface area contributed by atoms with E-state index in [1.165, 1.54) is 30.5 Å². The zero-order valence-electron chi connectivity index (χ0n) is 16.4. The highest BCUT2D eigenvalue weighted by atomic mass is 19.2. The van der Waals surface area contributed by atoms with Gasteiger partial charge in [-0.15, -0.1) is 0 Å². The van der Waals surface area contributed by atoms with Gasteiger partial charge in [0.15, 0.2) is 11.6 Å². The van der Waals surface area contributed by atoms with Crippen molar-refractivity contribution in [2.75, 3.05) is 5.32 Å². The van der Waals surface area contributed by atoms with E-state index < -0.39 is 23.4 Å². The topological polar surface area (TPSA) is 96.3 Å². The molecule has 9 heteroatoms. The van der Waals surface area contributed by atoms with Crippen LogP contribution in [0.2, 0.25) is 0 Å². The van der Waals surface area contributed by atoms with Crippen LogP contribution in [0, 0.1) is 22.9 Å². The third kappa shape index (κ3) is 3.71. The lowest BCUT2D eigenvalue weighted by atomic mass is 10.1. The van der Waals surface area contributed by atoms with E-state index in [0.717, 1.165) is 18.3 Å². The summed E-state index contributed by atoms with van der Waals surface area (Å²) in [4.78, 5) is 16.7. The number of carbonyl (C=O) groups is 1. The molecule has 0 spiro atoms. The zero-order valence-corrected chi connectivity index (χ0v) is 16.4. The molecule has 0 saturated heterocycles. The molecule has 2 heterocycles. The van der Waals surface area contributed by atoms with Crippen molar-refractivity contribution in [1.82, 2.24) is 9.38 Å². The van der Waals surface area contributed by atoms with Gasteiger partial charge in [0.05, 0.1) is 23.1 Å². The van der Waals surface area contributed by atoms with Gasteiger partial charge in [-0.05, 0) is 36.4 Å². The molecule has 160 valence electrons. The molecule has 4 rings (SSSR count). The Hall–Kier alpha value is -4.40. The number of anilines is 1.